The maximum Gasteiger partial charge on any atom is 0.308 e. The molecule has 2 heterocycles. The van der Waals surface area contributed by atoms with E-state index in [1.807, 2.05) is 32.6 Å². The third-order valence-corrected chi connectivity index (χ3v) is 5.59. The second-order valence-corrected chi connectivity index (χ2v) is 7.48. The minimum absolute atomic E-state index is 0.0587. The first-order valence-corrected chi connectivity index (χ1v) is 9.25. The maximum atomic E-state index is 13.1. The van der Waals surface area contributed by atoms with Gasteiger partial charge in [0.25, 0.3) is 5.91 Å². The van der Waals surface area contributed by atoms with Gasteiger partial charge in [-0.2, -0.15) is 0 Å². The number of benzene rings is 1. The topological polar surface area (TPSA) is 67.9 Å². The number of nitrogens with one attached hydrogen (secondary N) is 1. The molecule has 1 amide bonds. The lowest BCUT2D eigenvalue weighted by Crippen LogP contribution is -2.57. The first-order chi connectivity index (χ1) is 12.2. The van der Waals surface area contributed by atoms with Gasteiger partial charge in [-0.3, -0.25) is 9.59 Å². The van der Waals surface area contributed by atoms with Gasteiger partial charge in [0.05, 0.1) is 0 Å². The molecule has 26 heavy (non-hydrogen) atoms. The minimum atomic E-state index is -0.850. The minimum Gasteiger partial charge on any atom is -0.477 e. The summed E-state index contributed by atoms with van der Waals surface area (Å²) >= 11 is 0. The highest BCUT2D eigenvalue weighted by Gasteiger charge is 2.43. The molecule has 1 aromatic rings. The third kappa shape index (κ3) is 3.18. The molecule has 1 N–H and O–H groups in total. The molecule has 1 fully saturated rings. The summed E-state index contributed by atoms with van der Waals surface area (Å²) in [6.45, 7) is 12.2. The lowest BCUT2D eigenvalue weighted by atomic mass is 9.86. The Balaban J connectivity index is 1.95. The van der Waals surface area contributed by atoms with Crippen molar-refractivity contribution in [2.45, 2.75) is 53.1 Å². The van der Waals surface area contributed by atoms with Crippen molar-refractivity contribution in [2.75, 3.05) is 26.2 Å². The van der Waals surface area contributed by atoms with Crippen molar-refractivity contribution < 1.29 is 19.1 Å². The molecule has 0 radical (unpaired) electrons. The van der Waals surface area contributed by atoms with Gasteiger partial charge in [0, 0.05) is 45.1 Å². The van der Waals surface area contributed by atoms with Gasteiger partial charge in [0.15, 0.2) is 5.60 Å². The Bertz CT molecular complexity index is 753. The summed E-state index contributed by atoms with van der Waals surface area (Å²) in [5.41, 5.74) is 2.93. The van der Waals surface area contributed by atoms with Gasteiger partial charge in [0.2, 0.25) is 0 Å². The Kier molecular flexibility index (Phi) is 4.97. The van der Waals surface area contributed by atoms with E-state index >= 15 is 0 Å². The first-order valence-electron chi connectivity index (χ1n) is 9.25. The Morgan fingerprint density at radius 1 is 1.12 bits per heavy atom. The number of esters is 1. The molecule has 0 spiro atoms. The monoisotopic (exact) mass is 360 g/mol. The SMILES string of the molecule is CC(=O)Oc1c(C)c(C)c2c(c1C)CCC(C)(C(=O)N1CCNCC1)O2. The summed E-state index contributed by atoms with van der Waals surface area (Å²) in [5.74, 6) is 1.12. The van der Waals surface area contributed by atoms with Gasteiger partial charge in [-0.15, -0.1) is 0 Å². The molecule has 3 rings (SSSR count). The zero-order valence-corrected chi connectivity index (χ0v) is 16.3. The van der Waals surface area contributed by atoms with Crippen molar-refractivity contribution in [2.24, 2.45) is 0 Å². The summed E-state index contributed by atoms with van der Waals surface area (Å²) in [7, 11) is 0. The number of fused-ring (bicyclic) bond motifs is 1. The van der Waals surface area contributed by atoms with E-state index in [2.05, 4.69) is 5.32 Å². The number of rotatable bonds is 2. The van der Waals surface area contributed by atoms with Crippen LogP contribution in [-0.4, -0.2) is 48.6 Å². The van der Waals surface area contributed by atoms with Gasteiger partial charge in [0.1, 0.15) is 11.5 Å². The van der Waals surface area contributed by atoms with E-state index in [9.17, 15) is 9.59 Å². The molecular weight excluding hydrogens is 332 g/mol. The second-order valence-electron chi connectivity index (χ2n) is 7.48. The van der Waals surface area contributed by atoms with Crippen LogP contribution in [0.1, 0.15) is 42.5 Å². The molecule has 6 heteroatoms. The highest BCUT2D eigenvalue weighted by atomic mass is 16.5. The Morgan fingerprint density at radius 2 is 1.77 bits per heavy atom. The standard InChI is InChI=1S/C20H28N2O4/c1-12-13(2)18-16(14(3)17(12)25-15(4)23)6-7-20(5,26-18)19(24)22-10-8-21-9-11-22/h21H,6-11H2,1-5H3. The highest BCUT2D eigenvalue weighted by molar-refractivity contribution is 5.86. The van der Waals surface area contributed by atoms with Crippen LogP contribution in [0.5, 0.6) is 11.5 Å². The number of hydrogen-bond donors (Lipinski definition) is 1. The Morgan fingerprint density at radius 3 is 2.38 bits per heavy atom. The lowest BCUT2D eigenvalue weighted by molar-refractivity contribution is -0.149. The molecular formula is C20H28N2O4. The van der Waals surface area contributed by atoms with Gasteiger partial charge < -0.3 is 19.7 Å². The second kappa shape index (κ2) is 6.91. The molecule has 2 aliphatic heterocycles. The predicted octanol–water partition coefficient (Wildman–Crippen LogP) is 2.05. The molecule has 2 aliphatic rings. The fourth-order valence-electron chi connectivity index (χ4n) is 3.88. The van der Waals surface area contributed by atoms with E-state index in [0.29, 0.717) is 25.3 Å². The largest absolute Gasteiger partial charge is 0.477 e. The molecule has 1 unspecified atom stereocenters. The van der Waals surface area contributed by atoms with Crippen LogP contribution in [0.25, 0.3) is 0 Å². The number of ether oxygens (including phenoxy) is 2. The maximum absolute atomic E-state index is 13.1. The van der Waals surface area contributed by atoms with Crippen LogP contribution in [-0.2, 0) is 16.0 Å². The Labute approximate surface area is 154 Å². The van der Waals surface area contributed by atoms with Crippen LogP contribution in [0.4, 0.5) is 0 Å². The van der Waals surface area contributed by atoms with E-state index < -0.39 is 5.60 Å². The van der Waals surface area contributed by atoms with Gasteiger partial charge >= 0.3 is 5.97 Å². The fraction of sp³-hybridized carbons (Fsp3) is 0.600. The normalized spacial score (nSPS) is 22.4. The van der Waals surface area contributed by atoms with Crippen LogP contribution in [0.3, 0.4) is 0 Å². The quantitative estimate of drug-likeness (QED) is 0.646. The van der Waals surface area contributed by atoms with Gasteiger partial charge in [-0.05, 0) is 50.8 Å². The summed E-state index contributed by atoms with van der Waals surface area (Å²) in [6, 6.07) is 0. The average Bonchev–Trinajstić information content (AvgIpc) is 2.63. The van der Waals surface area contributed by atoms with Crippen LogP contribution in [0.15, 0.2) is 0 Å². The average molecular weight is 360 g/mol. The van der Waals surface area contributed by atoms with Crippen LogP contribution >= 0.6 is 0 Å². The molecule has 1 saturated heterocycles. The van der Waals surface area contributed by atoms with E-state index in [1.54, 1.807) is 0 Å². The van der Waals surface area contributed by atoms with E-state index in [-0.39, 0.29) is 11.9 Å². The summed E-state index contributed by atoms with van der Waals surface area (Å²) in [6.07, 6.45) is 1.34. The molecule has 6 nitrogen and oxygen atoms in total. The molecule has 0 saturated carbocycles. The number of nitrogens with zero attached hydrogens (tertiary/aromatic N) is 1. The molecule has 1 atom stereocenters. The van der Waals surface area contributed by atoms with Crippen molar-refractivity contribution in [1.29, 1.82) is 0 Å². The van der Waals surface area contributed by atoms with Crippen molar-refractivity contribution in [1.82, 2.24) is 10.2 Å². The summed E-state index contributed by atoms with van der Waals surface area (Å²) in [5, 5.41) is 3.27. The van der Waals surface area contributed by atoms with Gasteiger partial charge in [-0.1, -0.05) is 0 Å². The van der Waals surface area contributed by atoms with Crippen molar-refractivity contribution in [3.63, 3.8) is 0 Å². The molecule has 1 aromatic carbocycles. The van der Waals surface area contributed by atoms with E-state index in [0.717, 1.165) is 47.5 Å². The van der Waals surface area contributed by atoms with Crippen molar-refractivity contribution >= 4 is 11.9 Å². The van der Waals surface area contributed by atoms with Crippen molar-refractivity contribution in [3.8, 4) is 11.5 Å². The number of carbonyl (C=O) groups is 2. The smallest absolute Gasteiger partial charge is 0.308 e. The molecule has 0 aromatic heterocycles. The van der Waals surface area contributed by atoms with Crippen molar-refractivity contribution in [3.05, 3.63) is 22.3 Å². The number of hydrogen-bond acceptors (Lipinski definition) is 5. The highest BCUT2D eigenvalue weighted by Crippen LogP contribution is 2.44. The van der Waals surface area contributed by atoms with Crippen LogP contribution < -0.4 is 14.8 Å². The number of carbonyl (C=O) groups excluding carboxylic acids is 2. The number of piperazine rings is 1. The summed E-state index contributed by atoms with van der Waals surface area (Å²) < 4.78 is 11.8. The van der Waals surface area contributed by atoms with Crippen LogP contribution in [0, 0.1) is 20.8 Å². The predicted molar refractivity (Wildman–Crippen MR) is 98.8 cm³/mol. The molecule has 0 bridgehead atoms. The zero-order valence-electron chi connectivity index (χ0n) is 16.3. The van der Waals surface area contributed by atoms with E-state index in [1.165, 1.54) is 6.92 Å². The lowest BCUT2D eigenvalue weighted by Gasteiger charge is -2.40. The third-order valence-electron chi connectivity index (χ3n) is 5.59. The number of amides is 1. The first kappa shape index (κ1) is 18.7. The van der Waals surface area contributed by atoms with E-state index in [4.69, 9.17) is 9.47 Å². The Hall–Kier alpha value is -2.08. The van der Waals surface area contributed by atoms with Crippen LogP contribution in [0.2, 0.25) is 0 Å². The molecule has 142 valence electrons. The zero-order chi connectivity index (χ0) is 19.1. The fourth-order valence-corrected chi connectivity index (χ4v) is 3.88. The molecule has 0 aliphatic carbocycles. The summed E-state index contributed by atoms with van der Waals surface area (Å²) in [4.78, 5) is 26.4. The van der Waals surface area contributed by atoms with Gasteiger partial charge in [-0.25, -0.2) is 0 Å².